The largest absolute Gasteiger partial charge is 0.460 e. The molecule has 1 aromatic heterocycles. The van der Waals surface area contributed by atoms with E-state index in [4.69, 9.17) is 4.42 Å². The van der Waals surface area contributed by atoms with Crippen LogP contribution in [0.1, 0.15) is 36.1 Å². The number of aryl methyl sites for hydroxylation is 1. The van der Waals surface area contributed by atoms with E-state index < -0.39 is 0 Å². The van der Waals surface area contributed by atoms with E-state index in [0.29, 0.717) is 0 Å². The summed E-state index contributed by atoms with van der Waals surface area (Å²) in [6.07, 6.45) is 10.5. The van der Waals surface area contributed by atoms with Crippen LogP contribution in [0.2, 0.25) is 0 Å². The lowest BCUT2D eigenvalue weighted by molar-refractivity contribution is 0.542. The number of hydrogen-bond donors (Lipinski definition) is 0. The highest BCUT2D eigenvalue weighted by Gasteiger charge is 2.26. The number of fused-ring (bicyclic) bond motifs is 3. The van der Waals surface area contributed by atoms with Crippen LogP contribution in [0.25, 0.3) is 33.7 Å². The Hall–Kier alpha value is -9.84. The predicted molar refractivity (Wildman–Crippen MR) is 323 cm³/mol. The first-order valence-corrected chi connectivity index (χ1v) is 26.7. The summed E-state index contributed by atoms with van der Waals surface area (Å²) in [7, 11) is 0. The maximum absolute atomic E-state index is 6.69. The molecule has 5 nitrogen and oxygen atoms in total. The standard InChI is InChI=1S/C72H56N4O/c1-7-19-53(20-8-1)54-31-37-63(38-32-54)74(59-25-13-4-14-26-59)65-43-45-66(46-44-65)76(61-29-17-6-18-30-61)68-48-50-72-70(52-68)69-51-67(47-49-71(69)77-72)75(60-27-15-5-16-28-60)64-41-35-56(36-42-64)55-33-39-62(40-34-55)73(57-21-9-2-10-22-57)58-23-11-3-12-24-58/h1-31,33-37,39-47,49,51-52H,32,38,48,50H2. The van der Waals surface area contributed by atoms with Crippen LogP contribution < -0.4 is 19.6 Å². The lowest BCUT2D eigenvalue weighted by Gasteiger charge is -2.32. The Kier molecular flexibility index (Phi) is 12.9. The fourth-order valence-corrected chi connectivity index (χ4v) is 11.1. The minimum Gasteiger partial charge on any atom is -0.460 e. The lowest BCUT2D eigenvalue weighted by Crippen LogP contribution is -2.20. The third kappa shape index (κ3) is 9.63. The Morgan fingerprint density at radius 3 is 1.09 bits per heavy atom. The fraction of sp³-hybridized carbons (Fsp3) is 0.0556. The monoisotopic (exact) mass is 992 g/mol. The molecular formula is C72H56N4O. The molecule has 11 aromatic rings. The van der Waals surface area contributed by atoms with Gasteiger partial charge in [-0.1, -0.05) is 152 Å². The summed E-state index contributed by atoms with van der Waals surface area (Å²) in [5, 5.41) is 1.10. The van der Waals surface area contributed by atoms with Gasteiger partial charge in [-0.15, -0.1) is 0 Å². The van der Waals surface area contributed by atoms with Gasteiger partial charge in [0.15, 0.2) is 0 Å². The van der Waals surface area contributed by atoms with Gasteiger partial charge in [-0.05, 0) is 181 Å². The second-order valence-electron chi connectivity index (χ2n) is 19.6. The first-order chi connectivity index (χ1) is 38.2. The summed E-state index contributed by atoms with van der Waals surface area (Å²) < 4.78 is 6.69. The molecule has 0 bridgehead atoms. The summed E-state index contributed by atoms with van der Waals surface area (Å²) in [5.74, 6) is 1.02. The van der Waals surface area contributed by atoms with Crippen molar-refractivity contribution in [1.82, 2.24) is 0 Å². The molecule has 0 spiro atoms. The van der Waals surface area contributed by atoms with Gasteiger partial charge in [0, 0.05) is 85.6 Å². The Morgan fingerprint density at radius 2 is 0.636 bits per heavy atom. The number of benzene rings is 10. The summed E-state index contributed by atoms with van der Waals surface area (Å²) in [5.41, 5.74) is 20.5. The van der Waals surface area contributed by atoms with E-state index in [2.05, 4.69) is 311 Å². The topological polar surface area (TPSA) is 26.1 Å². The smallest absolute Gasteiger partial charge is 0.135 e. The van der Waals surface area contributed by atoms with Crippen LogP contribution >= 0.6 is 0 Å². The molecule has 2 aliphatic carbocycles. The Bertz CT molecular complexity index is 3830. The summed E-state index contributed by atoms with van der Waals surface area (Å²) >= 11 is 0. The molecule has 370 valence electrons. The second-order valence-corrected chi connectivity index (χ2v) is 19.6. The third-order valence-electron chi connectivity index (χ3n) is 14.8. The zero-order chi connectivity index (χ0) is 51.3. The van der Waals surface area contributed by atoms with E-state index >= 15 is 0 Å². The van der Waals surface area contributed by atoms with E-state index in [1.165, 1.54) is 22.5 Å². The fourth-order valence-electron chi connectivity index (χ4n) is 11.1. The van der Waals surface area contributed by atoms with Gasteiger partial charge in [0.05, 0.1) is 0 Å². The molecule has 2 aliphatic rings. The van der Waals surface area contributed by atoms with E-state index in [-0.39, 0.29) is 0 Å². The van der Waals surface area contributed by atoms with Crippen molar-refractivity contribution in [2.24, 2.45) is 0 Å². The maximum atomic E-state index is 6.69. The van der Waals surface area contributed by atoms with Crippen molar-refractivity contribution in [3.05, 3.63) is 313 Å². The van der Waals surface area contributed by atoms with Crippen molar-refractivity contribution in [3.8, 4) is 11.1 Å². The molecule has 0 radical (unpaired) electrons. The van der Waals surface area contributed by atoms with Gasteiger partial charge in [-0.2, -0.15) is 0 Å². The lowest BCUT2D eigenvalue weighted by atomic mass is 9.95. The molecule has 0 unspecified atom stereocenters. The normalized spacial score (nSPS) is 13.0. The molecule has 0 atom stereocenters. The van der Waals surface area contributed by atoms with Crippen molar-refractivity contribution in [1.29, 1.82) is 0 Å². The van der Waals surface area contributed by atoms with Crippen LogP contribution in [0.15, 0.2) is 301 Å². The summed E-state index contributed by atoms with van der Waals surface area (Å²) in [6, 6.07) is 97.5. The quantitative estimate of drug-likeness (QED) is 0.108. The van der Waals surface area contributed by atoms with Gasteiger partial charge >= 0.3 is 0 Å². The molecule has 0 saturated heterocycles. The number of hydrogen-bond acceptors (Lipinski definition) is 5. The minimum absolute atomic E-state index is 0.794. The minimum atomic E-state index is 0.794. The maximum Gasteiger partial charge on any atom is 0.135 e. The van der Waals surface area contributed by atoms with Crippen LogP contribution in [0, 0.1) is 0 Å². The number of furan rings is 1. The van der Waals surface area contributed by atoms with Gasteiger partial charge in [0.25, 0.3) is 0 Å². The molecule has 0 N–H and O–H groups in total. The van der Waals surface area contributed by atoms with E-state index in [0.717, 1.165) is 116 Å². The van der Waals surface area contributed by atoms with Crippen molar-refractivity contribution in [2.75, 3.05) is 19.6 Å². The predicted octanol–water partition coefficient (Wildman–Crippen LogP) is 20.1. The molecule has 13 rings (SSSR count). The Balaban J connectivity index is 0.818. The van der Waals surface area contributed by atoms with Crippen molar-refractivity contribution in [3.63, 3.8) is 0 Å². The highest BCUT2D eigenvalue weighted by molar-refractivity contribution is 5.95. The number of rotatable bonds is 14. The van der Waals surface area contributed by atoms with Crippen LogP contribution in [0.3, 0.4) is 0 Å². The molecule has 0 aliphatic heterocycles. The second kappa shape index (κ2) is 21.2. The number of allylic oxidation sites excluding steroid dienone is 5. The first-order valence-electron chi connectivity index (χ1n) is 26.7. The molecule has 77 heavy (non-hydrogen) atoms. The van der Waals surface area contributed by atoms with Crippen molar-refractivity contribution < 1.29 is 4.42 Å². The molecule has 0 saturated carbocycles. The Morgan fingerprint density at radius 1 is 0.273 bits per heavy atom. The average Bonchev–Trinajstić information content (AvgIpc) is 3.88. The third-order valence-corrected chi connectivity index (χ3v) is 14.8. The SMILES string of the molecule is C1=C(c2ccccc2)CCC(N(c2ccccc2)c2ccc(N(C3=Cc4c(oc5ccc(N(c6ccccc6)c6ccc(-c7ccc(N(c8ccccc8)c8ccccc8)cc7)cc6)cc45)CC3)c3ccccc3)cc2)=C1. The van der Waals surface area contributed by atoms with Gasteiger partial charge in [-0.3, -0.25) is 0 Å². The van der Waals surface area contributed by atoms with Gasteiger partial charge in [0.1, 0.15) is 11.3 Å². The number of nitrogens with zero attached hydrogens (tertiary/aromatic N) is 4. The number of anilines is 10. The molecule has 0 fully saturated rings. The molecule has 0 amide bonds. The summed E-state index contributed by atoms with van der Waals surface area (Å²) in [4.78, 5) is 9.47. The number of para-hydroxylation sites is 5. The zero-order valence-corrected chi connectivity index (χ0v) is 42.7. The summed E-state index contributed by atoms with van der Waals surface area (Å²) in [6.45, 7) is 0. The van der Waals surface area contributed by atoms with Gasteiger partial charge in [0.2, 0.25) is 0 Å². The molecule has 1 heterocycles. The van der Waals surface area contributed by atoms with Crippen LogP contribution in [0.4, 0.5) is 56.9 Å². The highest BCUT2D eigenvalue weighted by atomic mass is 16.3. The highest BCUT2D eigenvalue weighted by Crippen LogP contribution is 2.44. The Labute approximate surface area is 451 Å². The van der Waals surface area contributed by atoms with Gasteiger partial charge in [-0.25, -0.2) is 0 Å². The molecule has 10 aromatic carbocycles. The van der Waals surface area contributed by atoms with E-state index in [1.807, 2.05) is 0 Å². The van der Waals surface area contributed by atoms with Crippen LogP contribution in [0.5, 0.6) is 0 Å². The zero-order valence-electron chi connectivity index (χ0n) is 42.7. The van der Waals surface area contributed by atoms with Crippen LogP contribution in [-0.2, 0) is 6.42 Å². The first kappa shape index (κ1) is 46.9. The van der Waals surface area contributed by atoms with E-state index in [1.54, 1.807) is 0 Å². The van der Waals surface area contributed by atoms with Crippen LogP contribution in [-0.4, -0.2) is 0 Å². The van der Waals surface area contributed by atoms with Crippen molar-refractivity contribution >= 4 is 79.5 Å². The van der Waals surface area contributed by atoms with Gasteiger partial charge < -0.3 is 24.0 Å². The molecular weight excluding hydrogens is 937 g/mol. The van der Waals surface area contributed by atoms with Crippen molar-refractivity contribution in [2.45, 2.75) is 25.7 Å². The van der Waals surface area contributed by atoms with E-state index in [9.17, 15) is 0 Å². The molecule has 5 heteroatoms. The average molecular weight is 993 g/mol.